The number of fused-ring (bicyclic) bond motifs is 1. The summed E-state index contributed by atoms with van der Waals surface area (Å²) >= 11 is 1.55. The SMILES string of the molecule is NC1(C(=O)N2CCc3sccc3C2C(=O)O)CCC1. The van der Waals surface area contributed by atoms with Crippen molar-refractivity contribution in [2.45, 2.75) is 37.3 Å². The van der Waals surface area contributed by atoms with Crippen LogP contribution in [0, 0.1) is 0 Å². The van der Waals surface area contributed by atoms with Crippen LogP contribution in [-0.4, -0.2) is 34.0 Å². The Kier molecular flexibility index (Phi) is 2.87. The van der Waals surface area contributed by atoms with Gasteiger partial charge in [0.1, 0.15) is 0 Å². The van der Waals surface area contributed by atoms with Gasteiger partial charge in [0.15, 0.2) is 6.04 Å². The molecule has 0 spiro atoms. The van der Waals surface area contributed by atoms with Crippen molar-refractivity contribution < 1.29 is 14.7 Å². The van der Waals surface area contributed by atoms with Crippen molar-refractivity contribution in [3.05, 3.63) is 21.9 Å². The monoisotopic (exact) mass is 280 g/mol. The summed E-state index contributed by atoms with van der Waals surface area (Å²) in [6, 6.07) is 0.936. The molecule has 0 radical (unpaired) electrons. The molecule has 1 aromatic heterocycles. The first kappa shape index (κ1) is 12.6. The van der Waals surface area contributed by atoms with Crippen molar-refractivity contribution in [2.24, 2.45) is 5.73 Å². The molecule has 0 saturated heterocycles. The number of nitrogens with zero attached hydrogens (tertiary/aromatic N) is 1. The number of carbonyl (C=O) groups is 2. The van der Waals surface area contributed by atoms with Gasteiger partial charge in [-0.15, -0.1) is 11.3 Å². The summed E-state index contributed by atoms with van der Waals surface area (Å²) < 4.78 is 0. The molecule has 0 bridgehead atoms. The molecule has 1 aromatic rings. The van der Waals surface area contributed by atoms with Gasteiger partial charge in [-0.25, -0.2) is 4.79 Å². The Morgan fingerprint density at radius 2 is 2.21 bits per heavy atom. The molecule has 3 N–H and O–H groups in total. The van der Waals surface area contributed by atoms with Crippen LogP contribution in [-0.2, 0) is 16.0 Å². The van der Waals surface area contributed by atoms with E-state index in [1.807, 2.05) is 11.4 Å². The molecule has 5 nitrogen and oxygen atoms in total. The second-order valence-electron chi connectivity index (χ2n) is 5.30. The molecule has 2 heterocycles. The third kappa shape index (κ3) is 1.86. The van der Waals surface area contributed by atoms with Gasteiger partial charge in [0.05, 0.1) is 5.54 Å². The van der Waals surface area contributed by atoms with Gasteiger partial charge in [-0.3, -0.25) is 4.79 Å². The predicted molar refractivity (Wildman–Crippen MR) is 70.9 cm³/mol. The third-order valence-electron chi connectivity index (χ3n) is 4.13. The molecule has 6 heteroatoms. The summed E-state index contributed by atoms with van der Waals surface area (Å²) in [6.07, 6.45) is 2.98. The van der Waals surface area contributed by atoms with E-state index in [1.54, 1.807) is 11.3 Å². The van der Waals surface area contributed by atoms with Gasteiger partial charge in [-0.05, 0) is 42.7 Å². The number of rotatable bonds is 2. The van der Waals surface area contributed by atoms with Gasteiger partial charge in [0, 0.05) is 11.4 Å². The van der Waals surface area contributed by atoms with Crippen LogP contribution >= 0.6 is 11.3 Å². The molecular formula is C13H16N2O3S. The number of thiophene rings is 1. The van der Waals surface area contributed by atoms with Gasteiger partial charge in [0.2, 0.25) is 5.91 Å². The lowest BCUT2D eigenvalue weighted by Crippen LogP contribution is -2.61. The van der Waals surface area contributed by atoms with E-state index in [4.69, 9.17) is 5.73 Å². The fourth-order valence-corrected chi connectivity index (χ4v) is 3.76. The molecule has 0 aromatic carbocycles. The summed E-state index contributed by atoms with van der Waals surface area (Å²) in [5.41, 5.74) is 5.97. The van der Waals surface area contributed by atoms with Crippen LogP contribution in [0.15, 0.2) is 11.4 Å². The van der Waals surface area contributed by atoms with Crippen molar-refractivity contribution in [3.8, 4) is 0 Å². The van der Waals surface area contributed by atoms with E-state index in [9.17, 15) is 14.7 Å². The Morgan fingerprint density at radius 3 is 2.79 bits per heavy atom. The lowest BCUT2D eigenvalue weighted by atomic mass is 9.76. The Bertz CT molecular complexity index is 536. The summed E-state index contributed by atoms with van der Waals surface area (Å²) in [4.78, 5) is 26.5. The standard InChI is InChI=1S/C13H16N2O3S/c14-13(4-1-5-13)12(18)15-6-2-9-8(3-7-19-9)10(15)11(16)17/h3,7,10H,1-2,4-6,14H2,(H,16,17). The number of aliphatic carboxylic acids is 1. The van der Waals surface area contributed by atoms with Gasteiger partial charge in [-0.1, -0.05) is 0 Å². The zero-order chi connectivity index (χ0) is 13.6. The summed E-state index contributed by atoms with van der Waals surface area (Å²) in [5, 5.41) is 11.3. The van der Waals surface area contributed by atoms with Crippen LogP contribution in [0.2, 0.25) is 0 Å². The molecule has 1 fully saturated rings. The Morgan fingerprint density at radius 1 is 1.47 bits per heavy atom. The van der Waals surface area contributed by atoms with E-state index in [0.717, 1.165) is 23.3 Å². The number of amides is 1. The van der Waals surface area contributed by atoms with E-state index in [0.29, 0.717) is 19.4 Å². The zero-order valence-corrected chi connectivity index (χ0v) is 11.3. The van der Waals surface area contributed by atoms with Gasteiger partial charge < -0.3 is 15.7 Å². The minimum atomic E-state index is -0.976. The highest BCUT2D eigenvalue weighted by Crippen LogP contribution is 2.38. The highest BCUT2D eigenvalue weighted by Gasteiger charge is 2.47. The first-order chi connectivity index (χ1) is 9.03. The van der Waals surface area contributed by atoms with Crippen molar-refractivity contribution in [1.29, 1.82) is 0 Å². The lowest BCUT2D eigenvalue weighted by Gasteiger charge is -2.43. The Hall–Kier alpha value is -1.40. The van der Waals surface area contributed by atoms with Crippen LogP contribution < -0.4 is 5.73 Å². The summed E-state index contributed by atoms with van der Waals surface area (Å²) in [7, 11) is 0. The smallest absolute Gasteiger partial charge is 0.331 e. The molecule has 1 atom stereocenters. The molecule has 1 amide bonds. The first-order valence-corrected chi connectivity index (χ1v) is 7.30. The minimum Gasteiger partial charge on any atom is -0.479 e. The van der Waals surface area contributed by atoms with E-state index < -0.39 is 17.6 Å². The molecule has 3 rings (SSSR count). The van der Waals surface area contributed by atoms with Crippen molar-refractivity contribution in [1.82, 2.24) is 4.90 Å². The maximum atomic E-state index is 12.5. The third-order valence-corrected chi connectivity index (χ3v) is 5.13. The maximum absolute atomic E-state index is 12.5. The molecule has 19 heavy (non-hydrogen) atoms. The second kappa shape index (κ2) is 4.31. The number of carbonyl (C=O) groups excluding carboxylic acids is 1. The number of nitrogens with two attached hydrogens (primary N) is 1. The number of carboxylic acid groups (broad SMARTS) is 1. The molecule has 1 aliphatic heterocycles. The number of carboxylic acids is 1. The number of hydrogen-bond donors (Lipinski definition) is 2. The number of hydrogen-bond acceptors (Lipinski definition) is 4. The van der Waals surface area contributed by atoms with Crippen LogP contribution in [0.25, 0.3) is 0 Å². The van der Waals surface area contributed by atoms with Crippen LogP contribution in [0.1, 0.15) is 35.7 Å². The molecule has 102 valence electrons. The predicted octanol–water partition coefficient (Wildman–Crippen LogP) is 1.14. The van der Waals surface area contributed by atoms with Gasteiger partial charge in [0.25, 0.3) is 0 Å². The Balaban J connectivity index is 1.94. The molecule has 1 saturated carbocycles. The lowest BCUT2D eigenvalue weighted by molar-refractivity contribution is -0.155. The summed E-state index contributed by atoms with van der Waals surface area (Å²) in [6.45, 7) is 0.447. The Labute approximate surface area is 115 Å². The fourth-order valence-electron chi connectivity index (χ4n) is 2.86. The van der Waals surface area contributed by atoms with Gasteiger partial charge >= 0.3 is 5.97 Å². The molecule has 1 aliphatic carbocycles. The topological polar surface area (TPSA) is 83.6 Å². The quantitative estimate of drug-likeness (QED) is 0.851. The van der Waals surface area contributed by atoms with Crippen molar-refractivity contribution >= 4 is 23.2 Å². The van der Waals surface area contributed by atoms with Gasteiger partial charge in [-0.2, -0.15) is 0 Å². The normalized spacial score (nSPS) is 24.5. The van der Waals surface area contributed by atoms with E-state index >= 15 is 0 Å². The van der Waals surface area contributed by atoms with E-state index in [1.165, 1.54) is 4.90 Å². The highest BCUT2D eigenvalue weighted by molar-refractivity contribution is 7.10. The van der Waals surface area contributed by atoms with E-state index in [-0.39, 0.29) is 5.91 Å². The first-order valence-electron chi connectivity index (χ1n) is 6.42. The minimum absolute atomic E-state index is 0.206. The average Bonchev–Trinajstić information content (AvgIpc) is 2.81. The molecule has 2 aliphatic rings. The highest BCUT2D eigenvalue weighted by atomic mass is 32.1. The fraction of sp³-hybridized carbons (Fsp3) is 0.538. The second-order valence-corrected chi connectivity index (χ2v) is 6.30. The molecule has 1 unspecified atom stereocenters. The average molecular weight is 280 g/mol. The van der Waals surface area contributed by atoms with Crippen LogP contribution in [0.4, 0.5) is 0 Å². The van der Waals surface area contributed by atoms with E-state index in [2.05, 4.69) is 0 Å². The maximum Gasteiger partial charge on any atom is 0.331 e. The summed E-state index contributed by atoms with van der Waals surface area (Å²) in [5.74, 6) is -1.18. The largest absolute Gasteiger partial charge is 0.479 e. The van der Waals surface area contributed by atoms with Crippen LogP contribution in [0.3, 0.4) is 0 Å². The molecular weight excluding hydrogens is 264 g/mol. The van der Waals surface area contributed by atoms with Crippen LogP contribution in [0.5, 0.6) is 0 Å². The van der Waals surface area contributed by atoms with Crippen molar-refractivity contribution in [3.63, 3.8) is 0 Å². The zero-order valence-electron chi connectivity index (χ0n) is 10.5. The van der Waals surface area contributed by atoms with Crippen molar-refractivity contribution in [2.75, 3.05) is 6.54 Å².